The molecule has 1 unspecified atom stereocenters. The van der Waals surface area contributed by atoms with E-state index in [2.05, 4.69) is 20.2 Å². The topological polar surface area (TPSA) is 76.6 Å². The van der Waals surface area contributed by atoms with Crippen molar-refractivity contribution >= 4 is 5.91 Å². The minimum absolute atomic E-state index is 0.0198. The molecule has 132 valence electrons. The lowest BCUT2D eigenvalue weighted by Crippen LogP contribution is -2.47. The zero-order valence-corrected chi connectivity index (χ0v) is 14.2. The van der Waals surface area contributed by atoms with Crippen molar-refractivity contribution < 1.29 is 14.3 Å². The summed E-state index contributed by atoms with van der Waals surface area (Å²) in [5.74, 6) is 0.736. The van der Waals surface area contributed by atoms with Crippen molar-refractivity contribution in [2.45, 2.75) is 50.7 Å². The summed E-state index contributed by atoms with van der Waals surface area (Å²) >= 11 is 0. The zero-order valence-electron chi connectivity index (χ0n) is 14.2. The molecule has 1 aromatic heterocycles. The van der Waals surface area contributed by atoms with Crippen LogP contribution in [0.25, 0.3) is 0 Å². The van der Waals surface area contributed by atoms with Crippen LogP contribution in [0.3, 0.4) is 0 Å². The Labute approximate surface area is 142 Å². The van der Waals surface area contributed by atoms with E-state index in [0.717, 1.165) is 38.8 Å². The number of carbonyl (C=O) groups excluding carboxylic acids is 1. The first kappa shape index (κ1) is 17.0. The van der Waals surface area contributed by atoms with Gasteiger partial charge in [-0.1, -0.05) is 12.8 Å². The minimum atomic E-state index is 0.0198. The largest absolute Gasteiger partial charge is 0.494 e. The number of carbonyl (C=O) groups is 1. The minimum Gasteiger partial charge on any atom is -0.494 e. The molecule has 1 saturated heterocycles. The van der Waals surface area contributed by atoms with Gasteiger partial charge in [0.1, 0.15) is 6.10 Å². The first-order valence-corrected chi connectivity index (χ1v) is 8.77. The normalized spacial score (nSPS) is 22.3. The molecule has 2 aliphatic rings. The number of methoxy groups -OCH3 is 1. The van der Waals surface area contributed by atoms with Gasteiger partial charge < -0.3 is 14.8 Å². The van der Waals surface area contributed by atoms with Crippen molar-refractivity contribution in [2.24, 2.45) is 0 Å². The van der Waals surface area contributed by atoms with Gasteiger partial charge in [0.05, 0.1) is 26.0 Å². The Kier molecular flexibility index (Phi) is 5.85. The molecule has 2 fully saturated rings. The van der Waals surface area contributed by atoms with Crippen LogP contribution in [0, 0.1) is 0 Å². The number of rotatable bonds is 6. The number of aromatic nitrogens is 2. The van der Waals surface area contributed by atoms with Crippen molar-refractivity contribution in [3.63, 3.8) is 0 Å². The number of likely N-dealkylation sites (tertiary alicyclic amines) is 1. The number of nitrogens with zero attached hydrogens (tertiary/aromatic N) is 3. The Hall–Kier alpha value is -1.89. The standard InChI is InChI=1S/C17H26N4O3/c1-23-15-9-18-17(19-10-15)24-14-7-4-8-21(11-14)12-16(22)20-13-5-2-3-6-13/h9-10,13-14H,2-8,11-12H2,1H3,(H,20,22). The molecular formula is C17H26N4O3. The van der Waals surface area contributed by atoms with Gasteiger partial charge in [0.25, 0.3) is 0 Å². The fourth-order valence-corrected chi connectivity index (χ4v) is 3.42. The molecule has 1 aromatic rings. The maximum Gasteiger partial charge on any atom is 0.316 e. The molecule has 0 bridgehead atoms. The van der Waals surface area contributed by atoms with E-state index in [0.29, 0.717) is 24.3 Å². The van der Waals surface area contributed by atoms with E-state index in [1.165, 1.54) is 12.8 Å². The molecule has 0 radical (unpaired) electrons. The summed E-state index contributed by atoms with van der Waals surface area (Å²) in [5.41, 5.74) is 0. The summed E-state index contributed by atoms with van der Waals surface area (Å²) < 4.78 is 10.9. The summed E-state index contributed by atoms with van der Waals surface area (Å²) in [6, 6.07) is 0.736. The molecule has 1 N–H and O–H groups in total. The zero-order chi connectivity index (χ0) is 16.8. The van der Waals surface area contributed by atoms with Crippen molar-refractivity contribution in [3.05, 3.63) is 12.4 Å². The highest BCUT2D eigenvalue weighted by Gasteiger charge is 2.25. The number of amides is 1. The first-order valence-electron chi connectivity index (χ1n) is 8.77. The highest BCUT2D eigenvalue weighted by atomic mass is 16.5. The van der Waals surface area contributed by atoms with Crippen molar-refractivity contribution in [1.29, 1.82) is 0 Å². The molecule has 7 heteroatoms. The molecular weight excluding hydrogens is 308 g/mol. The molecule has 1 atom stereocenters. The van der Waals surface area contributed by atoms with Crippen LogP contribution in [-0.4, -0.2) is 59.7 Å². The van der Waals surface area contributed by atoms with Crippen LogP contribution in [-0.2, 0) is 4.79 Å². The summed E-state index contributed by atoms with van der Waals surface area (Å²) in [5, 5.41) is 3.14. The maximum absolute atomic E-state index is 12.2. The number of hydrogen-bond acceptors (Lipinski definition) is 6. The number of ether oxygens (including phenoxy) is 2. The molecule has 0 aromatic carbocycles. The van der Waals surface area contributed by atoms with Crippen LogP contribution < -0.4 is 14.8 Å². The smallest absolute Gasteiger partial charge is 0.316 e. The molecule has 3 rings (SSSR count). The van der Waals surface area contributed by atoms with Gasteiger partial charge in [-0.15, -0.1) is 0 Å². The lowest BCUT2D eigenvalue weighted by Gasteiger charge is -2.32. The molecule has 7 nitrogen and oxygen atoms in total. The third-order valence-corrected chi connectivity index (χ3v) is 4.66. The highest BCUT2D eigenvalue weighted by molar-refractivity contribution is 5.78. The fraction of sp³-hybridized carbons (Fsp3) is 0.706. The fourth-order valence-electron chi connectivity index (χ4n) is 3.42. The number of hydrogen-bond donors (Lipinski definition) is 1. The Morgan fingerprint density at radius 1 is 1.25 bits per heavy atom. The first-order chi connectivity index (χ1) is 11.7. The molecule has 1 aliphatic heterocycles. The quantitative estimate of drug-likeness (QED) is 0.847. The van der Waals surface area contributed by atoms with E-state index in [1.807, 2.05) is 0 Å². The monoisotopic (exact) mass is 334 g/mol. The Bertz CT molecular complexity index is 531. The maximum atomic E-state index is 12.2. The van der Waals surface area contributed by atoms with Gasteiger partial charge in [-0.25, -0.2) is 0 Å². The van der Waals surface area contributed by atoms with E-state index in [9.17, 15) is 4.79 Å². The third-order valence-electron chi connectivity index (χ3n) is 4.66. The Morgan fingerprint density at radius 3 is 2.71 bits per heavy atom. The number of piperidine rings is 1. The van der Waals surface area contributed by atoms with Crippen LogP contribution in [0.4, 0.5) is 0 Å². The average Bonchev–Trinajstić information content (AvgIpc) is 3.08. The van der Waals surface area contributed by atoms with Gasteiger partial charge in [0.2, 0.25) is 5.91 Å². The van der Waals surface area contributed by atoms with E-state index >= 15 is 0 Å². The average molecular weight is 334 g/mol. The van der Waals surface area contributed by atoms with Crippen LogP contribution in [0.2, 0.25) is 0 Å². The van der Waals surface area contributed by atoms with Gasteiger partial charge in [-0.05, 0) is 32.2 Å². The van der Waals surface area contributed by atoms with Crippen LogP contribution in [0.15, 0.2) is 12.4 Å². The van der Waals surface area contributed by atoms with Crippen molar-refractivity contribution in [1.82, 2.24) is 20.2 Å². The third kappa shape index (κ3) is 4.80. The molecule has 1 amide bonds. The molecule has 1 aliphatic carbocycles. The predicted molar refractivity (Wildman–Crippen MR) is 89.1 cm³/mol. The molecule has 2 heterocycles. The van der Waals surface area contributed by atoms with Crippen LogP contribution in [0.1, 0.15) is 38.5 Å². The molecule has 1 saturated carbocycles. The van der Waals surface area contributed by atoms with E-state index < -0.39 is 0 Å². The Morgan fingerprint density at radius 2 is 2.00 bits per heavy atom. The van der Waals surface area contributed by atoms with E-state index in [4.69, 9.17) is 9.47 Å². The van der Waals surface area contributed by atoms with Crippen LogP contribution in [0.5, 0.6) is 11.8 Å². The molecule has 0 spiro atoms. The summed E-state index contributed by atoms with van der Waals surface area (Å²) in [6.07, 6.45) is 9.87. The van der Waals surface area contributed by atoms with Crippen molar-refractivity contribution in [3.8, 4) is 11.8 Å². The lowest BCUT2D eigenvalue weighted by atomic mass is 10.1. The second-order valence-corrected chi connectivity index (χ2v) is 6.57. The highest BCUT2D eigenvalue weighted by Crippen LogP contribution is 2.18. The van der Waals surface area contributed by atoms with Gasteiger partial charge in [0, 0.05) is 12.6 Å². The van der Waals surface area contributed by atoms with Crippen LogP contribution >= 0.6 is 0 Å². The molecule has 24 heavy (non-hydrogen) atoms. The summed E-state index contributed by atoms with van der Waals surface area (Å²) in [6.45, 7) is 2.11. The number of nitrogens with one attached hydrogen (secondary N) is 1. The SMILES string of the molecule is COc1cnc(OC2CCCN(CC(=O)NC3CCCC3)C2)nc1. The second kappa shape index (κ2) is 8.28. The van der Waals surface area contributed by atoms with Gasteiger partial charge in [-0.2, -0.15) is 9.97 Å². The van der Waals surface area contributed by atoms with Crippen molar-refractivity contribution in [2.75, 3.05) is 26.7 Å². The summed E-state index contributed by atoms with van der Waals surface area (Å²) in [7, 11) is 1.58. The summed E-state index contributed by atoms with van der Waals surface area (Å²) in [4.78, 5) is 22.6. The predicted octanol–water partition coefficient (Wildman–Crippen LogP) is 1.39. The van der Waals surface area contributed by atoms with E-state index in [1.54, 1.807) is 19.5 Å². The van der Waals surface area contributed by atoms with E-state index in [-0.39, 0.29) is 12.0 Å². The second-order valence-electron chi connectivity index (χ2n) is 6.57. The van der Waals surface area contributed by atoms with Gasteiger partial charge >= 0.3 is 6.01 Å². The van der Waals surface area contributed by atoms with Gasteiger partial charge in [-0.3, -0.25) is 9.69 Å². The Balaban J connectivity index is 1.45. The van der Waals surface area contributed by atoms with Gasteiger partial charge in [0.15, 0.2) is 5.75 Å². The lowest BCUT2D eigenvalue weighted by molar-refractivity contribution is -0.123.